The van der Waals surface area contributed by atoms with Gasteiger partial charge in [0, 0.05) is 6.08 Å². The van der Waals surface area contributed by atoms with Crippen molar-refractivity contribution in [2.45, 2.75) is 20.3 Å². The van der Waals surface area contributed by atoms with E-state index in [1.807, 2.05) is 26.0 Å². The van der Waals surface area contributed by atoms with Gasteiger partial charge in [0.05, 0.1) is 6.42 Å². The lowest BCUT2D eigenvalue weighted by molar-refractivity contribution is -0.144. The quantitative estimate of drug-likeness (QED) is 0.334. The van der Waals surface area contributed by atoms with Crippen LogP contribution in [0.4, 0.5) is 0 Å². The molecule has 0 spiro atoms. The standard InChI is InChI=1S/C20H20O5/c1-4-19(21)24-13-23-18-10-7-16(15(3)11-18)12-20(22)25-17-8-5-14(2)6-9-17/h4-11H,1,12-13H2,2-3H3. The van der Waals surface area contributed by atoms with Crippen LogP contribution in [0.15, 0.2) is 55.1 Å². The summed E-state index contributed by atoms with van der Waals surface area (Å²) in [4.78, 5) is 23.0. The maximum atomic E-state index is 12.1. The Morgan fingerprint density at radius 2 is 1.72 bits per heavy atom. The van der Waals surface area contributed by atoms with E-state index in [2.05, 4.69) is 6.58 Å². The van der Waals surface area contributed by atoms with Crippen molar-refractivity contribution in [3.05, 3.63) is 71.8 Å². The van der Waals surface area contributed by atoms with Crippen LogP contribution in [0.3, 0.4) is 0 Å². The Labute approximate surface area is 146 Å². The molecule has 0 amide bonds. The van der Waals surface area contributed by atoms with Crippen molar-refractivity contribution in [1.29, 1.82) is 0 Å². The first-order valence-electron chi connectivity index (χ1n) is 7.77. The third-order valence-electron chi connectivity index (χ3n) is 3.49. The van der Waals surface area contributed by atoms with Gasteiger partial charge in [0.15, 0.2) is 0 Å². The molecule has 2 rings (SSSR count). The topological polar surface area (TPSA) is 61.8 Å². The summed E-state index contributed by atoms with van der Waals surface area (Å²) in [5.41, 5.74) is 2.82. The number of aryl methyl sites for hydroxylation is 2. The van der Waals surface area contributed by atoms with E-state index >= 15 is 0 Å². The molecular formula is C20H20O5. The van der Waals surface area contributed by atoms with Gasteiger partial charge in [0.1, 0.15) is 11.5 Å². The summed E-state index contributed by atoms with van der Waals surface area (Å²) in [6.45, 7) is 6.95. The minimum Gasteiger partial charge on any atom is -0.457 e. The zero-order valence-electron chi connectivity index (χ0n) is 14.3. The van der Waals surface area contributed by atoms with Crippen molar-refractivity contribution in [2.75, 3.05) is 6.79 Å². The van der Waals surface area contributed by atoms with Crippen molar-refractivity contribution in [3.63, 3.8) is 0 Å². The Kier molecular flexibility index (Phi) is 6.34. The van der Waals surface area contributed by atoms with Crippen LogP contribution in [0.25, 0.3) is 0 Å². The molecule has 0 saturated heterocycles. The van der Waals surface area contributed by atoms with Gasteiger partial charge < -0.3 is 14.2 Å². The molecule has 0 radical (unpaired) electrons. The van der Waals surface area contributed by atoms with E-state index in [-0.39, 0.29) is 19.2 Å². The third-order valence-corrected chi connectivity index (χ3v) is 3.49. The first-order valence-corrected chi connectivity index (χ1v) is 7.77. The van der Waals surface area contributed by atoms with Crippen LogP contribution in [0.2, 0.25) is 0 Å². The van der Waals surface area contributed by atoms with Crippen LogP contribution in [0.5, 0.6) is 11.5 Å². The van der Waals surface area contributed by atoms with E-state index in [1.54, 1.807) is 30.3 Å². The van der Waals surface area contributed by atoms with Crippen molar-refractivity contribution < 1.29 is 23.8 Å². The van der Waals surface area contributed by atoms with Gasteiger partial charge in [-0.05, 0) is 49.2 Å². The second kappa shape index (κ2) is 8.68. The lowest BCUT2D eigenvalue weighted by atomic mass is 10.1. The fourth-order valence-electron chi connectivity index (χ4n) is 2.10. The maximum absolute atomic E-state index is 12.1. The van der Waals surface area contributed by atoms with Crippen LogP contribution in [0.1, 0.15) is 16.7 Å². The highest BCUT2D eigenvalue weighted by atomic mass is 16.7. The molecular weight excluding hydrogens is 320 g/mol. The molecule has 0 atom stereocenters. The fraction of sp³-hybridized carbons (Fsp3) is 0.200. The highest BCUT2D eigenvalue weighted by Gasteiger charge is 2.10. The molecule has 0 aliphatic carbocycles. The van der Waals surface area contributed by atoms with Crippen LogP contribution >= 0.6 is 0 Å². The average molecular weight is 340 g/mol. The number of rotatable bonds is 7. The number of ether oxygens (including phenoxy) is 3. The summed E-state index contributed by atoms with van der Waals surface area (Å²) < 4.78 is 15.4. The zero-order chi connectivity index (χ0) is 18.2. The summed E-state index contributed by atoms with van der Waals surface area (Å²) >= 11 is 0. The van der Waals surface area contributed by atoms with E-state index in [0.717, 1.165) is 22.8 Å². The normalized spacial score (nSPS) is 10.0. The van der Waals surface area contributed by atoms with Gasteiger partial charge in [-0.2, -0.15) is 0 Å². The highest BCUT2D eigenvalue weighted by Crippen LogP contribution is 2.19. The molecule has 2 aromatic rings. The van der Waals surface area contributed by atoms with Crippen LogP contribution in [-0.4, -0.2) is 18.7 Å². The maximum Gasteiger partial charge on any atom is 0.333 e. The number of esters is 2. The molecule has 25 heavy (non-hydrogen) atoms. The number of carbonyl (C=O) groups is 2. The molecule has 5 heteroatoms. The Bertz CT molecular complexity index is 762. The smallest absolute Gasteiger partial charge is 0.333 e. The van der Waals surface area contributed by atoms with Gasteiger partial charge >= 0.3 is 11.9 Å². The number of benzene rings is 2. The summed E-state index contributed by atoms with van der Waals surface area (Å²) in [7, 11) is 0. The fourth-order valence-corrected chi connectivity index (χ4v) is 2.10. The molecule has 130 valence electrons. The molecule has 0 unspecified atom stereocenters. The molecule has 0 heterocycles. The first kappa shape index (κ1) is 18.3. The minimum atomic E-state index is -0.549. The third kappa shape index (κ3) is 5.80. The van der Waals surface area contributed by atoms with Gasteiger partial charge in [-0.25, -0.2) is 4.79 Å². The Morgan fingerprint density at radius 3 is 2.36 bits per heavy atom. The molecule has 0 aromatic heterocycles. The number of carbonyl (C=O) groups excluding carboxylic acids is 2. The van der Waals surface area contributed by atoms with Crippen LogP contribution in [-0.2, 0) is 20.7 Å². The minimum absolute atomic E-state index is 0.158. The van der Waals surface area contributed by atoms with Crippen molar-refractivity contribution in [2.24, 2.45) is 0 Å². The van der Waals surface area contributed by atoms with E-state index in [1.165, 1.54) is 0 Å². The summed E-state index contributed by atoms with van der Waals surface area (Å²) in [6.07, 6.45) is 1.23. The van der Waals surface area contributed by atoms with Gasteiger partial charge in [-0.15, -0.1) is 0 Å². The summed E-state index contributed by atoms with van der Waals surface area (Å²) in [6, 6.07) is 12.6. The SMILES string of the molecule is C=CC(=O)OCOc1ccc(CC(=O)Oc2ccc(C)cc2)c(C)c1. The molecule has 0 aliphatic rings. The lowest BCUT2D eigenvalue weighted by Crippen LogP contribution is -2.12. The monoisotopic (exact) mass is 340 g/mol. The summed E-state index contributed by atoms with van der Waals surface area (Å²) in [5, 5.41) is 0. The number of hydrogen-bond acceptors (Lipinski definition) is 5. The molecule has 0 aliphatic heterocycles. The highest BCUT2D eigenvalue weighted by molar-refractivity contribution is 5.81. The average Bonchev–Trinajstić information content (AvgIpc) is 2.59. The molecule has 2 aromatic carbocycles. The van der Waals surface area contributed by atoms with Crippen LogP contribution in [0, 0.1) is 13.8 Å². The lowest BCUT2D eigenvalue weighted by Gasteiger charge is -2.10. The van der Waals surface area contributed by atoms with Crippen molar-refractivity contribution >= 4 is 11.9 Å². The van der Waals surface area contributed by atoms with Crippen molar-refractivity contribution in [1.82, 2.24) is 0 Å². The molecule has 0 bridgehead atoms. The molecule has 0 N–H and O–H groups in total. The van der Waals surface area contributed by atoms with Gasteiger partial charge in [-0.3, -0.25) is 4.79 Å². The largest absolute Gasteiger partial charge is 0.457 e. The molecule has 5 nitrogen and oxygen atoms in total. The van der Waals surface area contributed by atoms with Gasteiger partial charge in [-0.1, -0.05) is 30.3 Å². The van der Waals surface area contributed by atoms with E-state index < -0.39 is 5.97 Å². The zero-order valence-corrected chi connectivity index (χ0v) is 14.3. The molecule has 0 saturated carbocycles. The Hall–Kier alpha value is -3.08. The van der Waals surface area contributed by atoms with Gasteiger partial charge in [0.2, 0.25) is 6.79 Å². The second-order valence-electron chi connectivity index (χ2n) is 5.48. The predicted octanol–water partition coefficient (Wildman–Crippen LogP) is 3.52. The predicted molar refractivity (Wildman–Crippen MR) is 93.5 cm³/mol. The first-order chi connectivity index (χ1) is 12.0. The van der Waals surface area contributed by atoms with Gasteiger partial charge in [0.25, 0.3) is 0 Å². The van der Waals surface area contributed by atoms with E-state index in [0.29, 0.717) is 11.5 Å². The Balaban J connectivity index is 1.91. The van der Waals surface area contributed by atoms with Crippen molar-refractivity contribution in [3.8, 4) is 11.5 Å². The second-order valence-corrected chi connectivity index (χ2v) is 5.48. The van der Waals surface area contributed by atoms with E-state index in [4.69, 9.17) is 14.2 Å². The van der Waals surface area contributed by atoms with E-state index in [9.17, 15) is 9.59 Å². The van der Waals surface area contributed by atoms with Crippen LogP contribution < -0.4 is 9.47 Å². The summed E-state index contributed by atoms with van der Waals surface area (Å²) in [5.74, 6) is 0.190. The molecule has 0 fully saturated rings. The number of hydrogen-bond donors (Lipinski definition) is 0. The Morgan fingerprint density at radius 1 is 1.04 bits per heavy atom.